The van der Waals surface area contributed by atoms with Crippen molar-refractivity contribution in [1.29, 1.82) is 0 Å². The third-order valence-electron chi connectivity index (χ3n) is 4.76. The predicted octanol–water partition coefficient (Wildman–Crippen LogP) is 4.00. The number of rotatable bonds is 6. The molecule has 146 valence electrons. The first-order valence-electron chi connectivity index (χ1n) is 9.43. The Morgan fingerprint density at radius 1 is 1.17 bits per heavy atom. The molecule has 7 nitrogen and oxygen atoms in total. The molecule has 0 saturated heterocycles. The van der Waals surface area contributed by atoms with E-state index in [4.69, 9.17) is 0 Å². The standard InChI is InChI=1S/C22H22N6O/c1-16-13-18(6-5-17(16)7-8-21(29)28-11-3-4-12-28)20-9-10-23-22(26-20)25-19-14-24-27(2)15-19/h3-6,9-15H,7-8H2,1-2H3,(H,23,25,26). The molecule has 4 aromatic rings. The molecule has 0 unspecified atom stereocenters. The Kier molecular flexibility index (Phi) is 5.20. The minimum Gasteiger partial charge on any atom is -0.321 e. The lowest BCUT2D eigenvalue weighted by atomic mass is 9.99. The first kappa shape index (κ1) is 18.6. The van der Waals surface area contributed by atoms with Crippen LogP contribution in [-0.4, -0.2) is 30.2 Å². The maximum Gasteiger partial charge on any atom is 0.230 e. The molecule has 1 N–H and O–H groups in total. The Morgan fingerprint density at radius 3 is 2.72 bits per heavy atom. The van der Waals surface area contributed by atoms with E-state index in [-0.39, 0.29) is 5.91 Å². The van der Waals surface area contributed by atoms with Crippen molar-refractivity contribution in [2.45, 2.75) is 19.8 Å². The van der Waals surface area contributed by atoms with E-state index in [1.54, 1.807) is 34.0 Å². The molecule has 0 fully saturated rings. The third kappa shape index (κ3) is 4.40. The van der Waals surface area contributed by atoms with E-state index >= 15 is 0 Å². The van der Waals surface area contributed by atoms with Crippen LogP contribution in [0.3, 0.4) is 0 Å². The lowest BCUT2D eigenvalue weighted by Crippen LogP contribution is -2.09. The van der Waals surface area contributed by atoms with E-state index in [9.17, 15) is 4.79 Å². The zero-order valence-corrected chi connectivity index (χ0v) is 16.4. The number of hydrogen-bond acceptors (Lipinski definition) is 5. The summed E-state index contributed by atoms with van der Waals surface area (Å²) in [5.41, 5.74) is 4.99. The van der Waals surface area contributed by atoms with Gasteiger partial charge in [-0.15, -0.1) is 0 Å². The van der Waals surface area contributed by atoms with Gasteiger partial charge >= 0.3 is 0 Å². The fourth-order valence-corrected chi connectivity index (χ4v) is 3.20. The average Bonchev–Trinajstić information content (AvgIpc) is 3.39. The molecule has 0 aliphatic heterocycles. The quantitative estimate of drug-likeness (QED) is 0.542. The van der Waals surface area contributed by atoms with Gasteiger partial charge in [0.05, 0.1) is 17.6 Å². The van der Waals surface area contributed by atoms with Gasteiger partial charge in [-0.05, 0) is 48.7 Å². The van der Waals surface area contributed by atoms with Crippen LogP contribution in [0.5, 0.6) is 0 Å². The van der Waals surface area contributed by atoms with Crippen LogP contribution in [0.15, 0.2) is 67.4 Å². The topological polar surface area (TPSA) is 77.6 Å². The molecule has 4 rings (SSSR count). The Labute approximate surface area is 169 Å². The Bertz CT molecular complexity index is 1130. The second-order valence-electron chi connectivity index (χ2n) is 6.92. The minimum absolute atomic E-state index is 0.0976. The van der Waals surface area contributed by atoms with Gasteiger partial charge in [0, 0.05) is 43.8 Å². The molecule has 1 aromatic carbocycles. The summed E-state index contributed by atoms with van der Waals surface area (Å²) >= 11 is 0. The van der Waals surface area contributed by atoms with Crippen molar-refractivity contribution in [2.75, 3.05) is 5.32 Å². The molecule has 0 amide bonds. The second-order valence-corrected chi connectivity index (χ2v) is 6.92. The minimum atomic E-state index is 0.0976. The van der Waals surface area contributed by atoms with Gasteiger partial charge in [0.15, 0.2) is 0 Å². The molecular formula is C22H22N6O. The highest BCUT2D eigenvalue weighted by Gasteiger charge is 2.09. The number of aromatic nitrogens is 5. The van der Waals surface area contributed by atoms with Crippen LogP contribution >= 0.6 is 0 Å². The molecule has 0 saturated carbocycles. The summed E-state index contributed by atoms with van der Waals surface area (Å²) in [6.07, 6.45) is 10.1. The summed E-state index contributed by atoms with van der Waals surface area (Å²) in [6.45, 7) is 2.06. The molecule has 3 heterocycles. The molecule has 7 heteroatoms. The van der Waals surface area contributed by atoms with Gasteiger partial charge < -0.3 is 5.32 Å². The fraction of sp³-hybridized carbons (Fsp3) is 0.182. The third-order valence-corrected chi connectivity index (χ3v) is 4.76. The van der Waals surface area contributed by atoms with Crippen LogP contribution in [0.2, 0.25) is 0 Å². The Hall–Kier alpha value is -3.74. The molecule has 0 bridgehead atoms. The van der Waals surface area contributed by atoms with E-state index in [1.807, 2.05) is 37.5 Å². The monoisotopic (exact) mass is 386 g/mol. The van der Waals surface area contributed by atoms with Crippen molar-refractivity contribution in [3.05, 3.63) is 78.5 Å². The molecule has 3 aromatic heterocycles. The van der Waals surface area contributed by atoms with Crippen LogP contribution in [-0.2, 0) is 13.5 Å². The van der Waals surface area contributed by atoms with Gasteiger partial charge in [-0.2, -0.15) is 5.10 Å². The van der Waals surface area contributed by atoms with Crippen molar-refractivity contribution in [3.8, 4) is 11.3 Å². The van der Waals surface area contributed by atoms with Crippen LogP contribution in [0.4, 0.5) is 11.6 Å². The summed E-state index contributed by atoms with van der Waals surface area (Å²) in [6, 6.07) is 11.8. The number of anilines is 2. The predicted molar refractivity (Wildman–Crippen MR) is 112 cm³/mol. The van der Waals surface area contributed by atoms with Crippen molar-refractivity contribution >= 4 is 17.5 Å². The maximum atomic E-state index is 12.2. The maximum absolute atomic E-state index is 12.2. The van der Waals surface area contributed by atoms with Crippen LogP contribution in [0.25, 0.3) is 11.3 Å². The smallest absolute Gasteiger partial charge is 0.230 e. The van der Waals surface area contributed by atoms with E-state index < -0.39 is 0 Å². The highest BCUT2D eigenvalue weighted by atomic mass is 16.1. The van der Waals surface area contributed by atoms with Crippen LogP contribution < -0.4 is 5.32 Å². The number of hydrogen-bond donors (Lipinski definition) is 1. The van der Waals surface area contributed by atoms with Crippen LogP contribution in [0, 0.1) is 6.92 Å². The van der Waals surface area contributed by atoms with Gasteiger partial charge in [0.25, 0.3) is 0 Å². The molecule has 0 radical (unpaired) electrons. The van der Waals surface area contributed by atoms with Crippen molar-refractivity contribution in [2.24, 2.45) is 7.05 Å². The SMILES string of the molecule is Cc1cc(-c2ccnc(Nc3cnn(C)c3)n2)ccc1CCC(=O)n1cccc1. The van der Waals surface area contributed by atoms with Gasteiger partial charge in [0.1, 0.15) is 0 Å². The lowest BCUT2D eigenvalue weighted by molar-refractivity contribution is 0.0903. The zero-order valence-electron chi connectivity index (χ0n) is 16.4. The highest BCUT2D eigenvalue weighted by Crippen LogP contribution is 2.23. The summed E-state index contributed by atoms with van der Waals surface area (Å²) < 4.78 is 3.34. The molecule has 0 spiro atoms. The van der Waals surface area contributed by atoms with E-state index in [0.717, 1.165) is 28.1 Å². The lowest BCUT2D eigenvalue weighted by Gasteiger charge is -2.09. The second kappa shape index (κ2) is 8.10. The van der Waals surface area contributed by atoms with E-state index in [0.29, 0.717) is 18.8 Å². The summed E-state index contributed by atoms with van der Waals surface area (Å²) in [4.78, 5) is 21.1. The number of aryl methyl sites for hydroxylation is 3. The average molecular weight is 386 g/mol. The normalized spacial score (nSPS) is 10.8. The van der Waals surface area contributed by atoms with Crippen molar-refractivity contribution in [3.63, 3.8) is 0 Å². The first-order valence-corrected chi connectivity index (χ1v) is 9.43. The van der Waals surface area contributed by atoms with E-state index in [1.165, 1.54) is 0 Å². The molecule has 0 aliphatic carbocycles. The summed E-state index contributed by atoms with van der Waals surface area (Å²) in [7, 11) is 1.86. The molecule has 29 heavy (non-hydrogen) atoms. The van der Waals surface area contributed by atoms with Crippen molar-refractivity contribution < 1.29 is 4.79 Å². The number of nitrogens with one attached hydrogen (secondary N) is 1. The van der Waals surface area contributed by atoms with E-state index in [2.05, 4.69) is 39.4 Å². The zero-order chi connectivity index (χ0) is 20.2. The van der Waals surface area contributed by atoms with Gasteiger partial charge in [-0.3, -0.25) is 14.0 Å². The Balaban J connectivity index is 1.47. The number of nitrogens with zero attached hydrogens (tertiary/aromatic N) is 5. The first-order chi connectivity index (χ1) is 14.1. The van der Waals surface area contributed by atoms with Gasteiger partial charge in [-0.1, -0.05) is 12.1 Å². The number of carbonyl (C=O) groups is 1. The van der Waals surface area contributed by atoms with Crippen LogP contribution in [0.1, 0.15) is 22.3 Å². The summed E-state index contributed by atoms with van der Waals surface area (Å²) in [5.74, 6) is 0.620. The largest absolute Gasteiger partial charge is 0.321 e. The fourth-order valence-electron chi connectivity index (χ4n) is 3.20. The number of benzene rings is 1. The van der Waals surface area contributed by atoms with Gasteiger partial charge in [-0.25, -0.2) is 9.97 Å². The Morgan fingerprint density at radius 2 is 2.00 bits per heavy atom. The summed E-state index contributed by atoms with van der Waals surface area (Å²) in [5, 5.41) is 7.30. The van der Waals surface area contributed by atoms with Gasteiger partial charge in [0.2, 0.25) is 11.9 Å². The molecule has 0 atom stereocenters. The molecular weight excluding hydrogens is 364 g/mol. The highest BCUT2D eigenvalue weighted by molar-refractivity contribution is 5.79. The molecule has 0 aliphatic rings. The number of carbonyl (C=O) groups excluding carboxylic acids is 1. The van der Waals surface area contributed by atoms with Crippen molar-refractivity contribution in [1.82, 2.24) is 24.3 Å².